The molecule has 1 fully saturated rings. The predicted octanol–water partition coefficient (Wildman–Crippen LogP) is 8.02. The standard InChI is InChI=1S/C27H39N/c1-3-5-6-9-23-10-7-11-24(20-23)13-12-22-14-17-26(18-15-22)27-19-16-25(8-4-2)21-28-27/h14-19,21,23-24H,3-13,20H2,1-2H3. The number of aryl methyl sites for hydroxylation is 2. The third-order valence-corrected chi connectivity index (χ3v) is 6.56. The van der Waals surface area contributed by atoms with E-state index in [9.17, 15) is 0 Å². The van der Waals surface area contributed by atoms with E-state index < -0.39 is 0 Å². The molecule has 1 saturated carbocycles. The minimum atomic E-state index is 0.952. The van der Waals surface area contributed by atoms with Crippen molar-refractivity contribution in [2.24, 2.45) is 11.8 Å². The van der Waals surface area contributed by atoms with E-state index in [1.165, 1.54) is 87.3 Å². The predicted molar refractivity (Wildman–Crippen MR) is 122 cm³/mol. The molecule has 1 aliphatic carbocycles. The highest BCUT2D eigenvalue weighted by Gasteiger charge is 2.21. The Labute approximate surface area is 173 Å². The fourth-order valence-electron chi connectivity index (χ4n) is 4.85. The van der Waals surface area contributed by atoms with Gasteiger partial charge in [-0.3, -0.25) is 4.98 Å². The summed E-state index contributed by atoms with van der Waals surface area (Å²) in [6.45, 7) is 4.53. The van der Waals surface area contributed by atoms with E-state index in [0.29, 0.717) is 0 Å². The van der Waals surface area contributed by atoms with Gasteiger partial charge >= 0.3 is 0 Å². The van der Waals surface area contributed by atoms with Crippen LogP contribution in [0.1, 0.15) is 89.2 Å². The Hall–Kier alpha value is -1.63. The Kier molecular flexibility index (Phi) is 8.58. The van der Waals surface area contributed by atoms with Crippen LogP contribution in [-0.4, -0.2) is 4.98 Å². The zero-order valence-corrected chi connectivity index (χ0v) is 18.1. The van der Waals surface area contributed by atoms with Crippen molar-refractivity contribution >= 4 is 0 Å². The molecule has 152 valence electrons. The highest BCUT2D eigenvalue weighted by Crippen LogP contribution is 2.34. The second-order valence-electron chi connectivity index (χ2n) is 8.93. The van der Waals surface area contributed by atoms with E-state index in [1.54, 1.807) is 0 Å². The zero-order chi connectivity index (χ0) is 19.6. The Morgan fingerprint density at radius 3 is 2.21 bits per heavy atom. The lowest BCUT2D eigenvalue weighted by Gasteiger charge is -2.29. The van der Waals surface area contributed by atoms with Crippen molar-refractivity contribution < 1.29 is 0 Å². The van der Waals surface area contributed by atoms with Crippen LogP contribution in [0.4, 0.5) is 0 Å². The highest BCUT2D eigenvalue weighted by molar-refractivity contribution is 5.59. The van der Waals surface area contributed by atoms with Crippen LogP contribution in [0.25, 0.3) is 11.3 Å². The lowest BCUT2D eigenvalue weighted by molar-refractivity contribution is 0.240. The van der Waals surface area contributed by atoms with Gasteiger partial charge in [0.05, 0.1) is 5.69 Å². The fraction of sp³-hybridized carbons (Fsp3) is 0.593. The maximum Gasteiger partial charge on any atom is 0.0702 e. The second kappa shape index (κ2) is 11.4. The summed E-state index contributed by atoms with van der Waals surface area (Å²) in [5.74, 6) is 1.96. The first-order chi connectivity index (χ1) is 13.8. The Morgan fingerprint density at radius 1 is 0.786 bits per heavy atom. The van der Waals surface area contributed by atoms with Gasteiger partial charge in [0.1, 0.15) is 0 Å². The molecule has 0 amide bonds. The van der Waals surface area contributed by atoms with Crippen LogP contribution in [0.3, 0.4) is 0 Å². The summed E-state index contributed by atoms with van der Waals surface area (Å²) in [6.07, 6.45) is 18.5. The lowest BCUT2D eigenvalue weighted by Crippen LogP contribution is -2.16. The van der Waals surface area contributed by atoms with Crippen molar-refractivity contribution in [3.05, 3.63) is 53.7 Å². The van der Waals surface area contributed by atoms with Crippen LogP contribution in [0.2, 0.25) is 0 Å². The largest absolute Gasteiger partial charge is 0.256 e. The Bertz CT molecular complexity index is 670. The molecule has 2 atom stereocenters. The van der Waals surface area contributed by atoms with Gasteiger partial charge in [0.25, 0.3) is 0 Å². The van der Waals surface area contributed by atoms with Gasteiger partial charge in [-0.2, -0.15) is 0 Å². The van der Waals surface area contributed by atoms with Crippen LogP contribution < -0.4 is 0 Å². The molecule has 0 N–H and O–H groups in total. The maximum atomic E-state index is 4.66. The fourth-order valence-corrected chi connectivity index (χ4v) is 4.85. The molecule has 28 heavy (non-hydrogen) atoms. The van der Waals surface area contributed by atoms with E-state index in [1.807, 2.05) is 6.20 Å². The Morgan fingerprint density at radius 2 is 1.54 bits per heavy atom. The summed E-state index contributed by atoms with van der Waals surface area (Å²) in [5, 5.41) is 0. The van der Waals surface area contributed by atoms with Crippen molar-refractivity contribution in [3.63, 3.8) is 0 Å². The average molecular weight is 378 g/mol. The minimum Gasteiger partial charge on any atom is -0.256 e. The summed E-state index contributed by atoms with van der Waals surface area (Å²) in [7, 11) is 0. The molecule has 0 bridgehead atoms. The first-order valence-electron chi connectivity index (χ1n) is 11.8. The number of nitrogens with zero attached hydrogens (tertiary/aromatic N) is 1. The number of aromatic nitrogens is 1. The molecule has 1 aliphatic rings. The van der Waals surface area contributed by atoms with E-state index in [-0.39, 0.29) is 0 Å². The van der Waals surface area contributed by atoms with Crippen LogP contribution in [-0.2, 0) is 12.8 Å². The molecule has 0 saturated heterocycles. The lowest BCUT2D eigenvalue weighted by atomic mass is 9.77. The summed E-state index contributed by atoms with van der Waals surface area (Å²) >= 11 is 0. The number of pyridine rings is 1. The van der Waals surface area contributed by atoms with Crippen LogP contribution >= 0.6 is 0 Å². The van der Waals surface area contributed by atoms with Gasteiger partial charge in [-0.1, -0.05) is 95.5 Å². The van der Waals surface area contributed by atoms with Gasteiger partial charge in [0, 0.05) is 11.8 Å². The first kappa shape index (κ1) is 21.1. The number of unbranched alkanes of at least 4 members (excludes halogenated alkanes) is 2. The van der Waals surface area contributed by atoms with E-state index in [4.69, 9.17) is 0 Å². The molecule has 2 unspecified atom stereocenters. The summed E-state index contributed by atoms with van der Waals surface area (Å²) in [5.41, 5.74) is 5.15. The topological polar surface area (TPSA) is 12.9 Å². The number of rotatable bonds is 10. The zero-order valence-electron chi connectivity index (χ0n) is 18.1. The smallest absolute Gasteiger partial charge is 0.0702 e. The van der Waals surface area contributed by atoms with Gasteiger partial charge in [-0.15, -0.1) is 0 Å². The number of benzene rings is 1. The molecule has 3 rings (SSSR count). The van der Waals surface area contributed by atoms with Crippen molar-refractivity contribution in [3.8, 4) is 11.3 Å². The van der Waals surface area contributed by atoms with Crippen LogP contribution in [0.5, 0.6) is 0 Å². The van der Waals surface area contributed by atoms with E-state index in [0.717, 1.165) is 24.0 Å². The van der Waals surface area contributed by atoms with Crippen molar-refractivity contribution in [1.82, 2.24) is 4.98 Å². The molecule has 1 heteroatoms. The molecule has 1 nitrogen and oxygen atoms in total. The maximum absolute atomic E-state index is 4.66. The molecule has 2 aromatic rings. The van der Waals surface area contributed by atoms with E-state index >= 15 is 0 Å². The number of hydrogen-bond acceptors (Lipinski definition) is 1. The molecular formula is C27H39N. The van der Waals surface area contributed by atoms with Crippen LogP contribution in [0.15, 0.2) is 42.6 Å². The monoisotopic (exact) mass is 377 g/mol. The molecular weight excluding hydrogens is 338 g/mol. The third-order valence-electron chi connectivity index (χ3n) is 6.56. The summed E-state index contributed by atoms with van der Waals surface area (Å²) in [4.78, 5) is 4.66. The summed E-state index contributed by atoms with van der Waals surface area (Å²) < 4.78 is 0. The van der Waals surface area contributed by atoms with E-state index in [2.05, 4.69) is 55.2 Å². The van der Waals surface area contributed by atoms with Crippen molar-refractivity contribution in [2.75, 3.05) is 0 Å². The molecule has 1 aromatic heterocycles. The number of hydrogen-bond donors (Lipinski definition) is 0. The molecule has 0 aliphatic heterocycles. The van der Waals surface area contributed by atoms with Gasteiger partial charge in [0.15, 0.2) is 0 Å². The molecule has 1 aromatic carbocycles. The molecule has 0 radical (unpaired) electrons. The third kappa shape index (κ3) is 6.47. The second-order valence-corrected chi connectivity index (χ2v) is 8.93. The highest BCUT2D eigenvalue weighted by atomic mass is 14.7. The SMILES string of the molecule is CCCCCC1CCCC(CCc2ccc(-c3ccc(CCC)cn3)cc2)C1. The first-order valence-corrected chi connectivity index (χ1v) is 11.8. The van der Waals surface area contributed by atoms with Gasteiger partial charge in [-0.05, 0) is 54.7 Å². The molecule has 0 spiro atoms. The van der Waals surface area contributed by atoms with Gasteiger partial charge < -0.3 is 0 Å². The Balaban J connectivity index is 1.47. The van der Waals surface area contributed by atoms with Gasteiger partial charge in [0.2, 0.25) is 0 Å². The minimum absolute atomic E-state index is 0.952. The van der Waals surface area contributed by atoms with Crippen molar-refractivity contribution in [2.45, 2.75) is 90.9 Å². The quantitative estimate of drug-likeness (QED) is 0.382. The average Bonchev–Trinajstić information content (AvgIpc) is 2.74. The summed E-state index contributed by atoms with van der Waals surface area (Å²) in [6, 6.07) is 13.5. The van der Waals surface area contributed by atoms with Gasteiger partial charge in [-0.25, -0.2) is 0 Å². The normalized spacial score (nSPS) is 19.6. The molecule has 1 heterocycles. The van der Waals surface area contributed by atoms with Crippen molar-refractivity contribution in [1.29, 1.82) is 0 Å². The van der Waals surface area contributed by atoms with Crippen LogP contribution in [0, 0.1) is 11.8 Å².